The van der Waals surface area contributed by atoms with Gasteiger partial charge in [-0.15, -0.1) is 0 Å². The Balaban J connectivity index is 1.98. The minimum atomic E-state index is -0.321. The number of nitrogens with zero attached hydrogens (tertiary/aromatic N) is 2. The van der Waals surface area contributed by atoms with E-state index in [0.717, 1.165) is 10.8 Å². The van der Waals surface area contributed by atoms with Crippen LogP contribution in [0.4, 0.5) is 11.5 Å². The molecule has 19 heavy (non-hydrogen) atoms. The largest absolute Gasteiger partial charge is 0.383 e. The van der Waals surface area contributed by atoms with Crippen LogP contribution in [0.5, 0.6) is 0 Å². The van der Waals surface area contributed by atoms with Gasteiger partial charge in [0.05, 0.1) is 11.9 Å². The van der Waals surface area contributed by atoms with Crippen LogP contribution in [-0.2, 0) is 0 Å². The first-order chi connectivity index (χ1) is 9.24. The number of benzene rings is 1. The maximum absolute atomic E-state index is 12.0. The highest BCUT2D eigenvalue weighted by atomic mass is 16.1. The number of H-pyrrole nitrogens is 1. The Morgan fingerprint density at radius 2 is 2.16 bits per heavy atom. The number of aromatic amines is 1. The number of fused-ring (bicyclic) bond motifs is 1. The van der Waals surface area contributed by atoms with Crippen molar-refractivity contribution in [3.05, 3.63) is 48.4 Å². The number of pyridine rings is 1. The molecule has 6 nitrogen and oxygen atoms in total. The third-order valence-electron chi connectivity index (χ3n) is 2.76. The Morgan fingerprint density at radius 1 is 1.32 bits per heavy atom. The molecule has 1 amide bonds. The number of aromatic nitrogens is 3. The Labute approximate surface area is 108 Å². The Hall–Kier alpha value is -2.89. The van der Waals surface area contributed by atoms with E-state index >= 15 is 0 Å². The van der Waals surface area contributed by atoms with Gasteiger partial charge in [-0.1, -0.05) is 24.3 Å². The van der Waals surface area contributed by atoms with Crippen molar-refractivity contribution >= 4 is 28.2 Å². The Kier molecular flexibility index (Phi) is 2.60. The molecule has 0 aliphatic heterocycles. The number of amides is 1. The van der Waals surface area contributed by atoms with Crippen molar-refractivity contribution in [1.29, 1.82) is 0 Å². The average molecular weight is 253 g/mol. The number of carbonyl (C=O) groups is 1. The van der Waals surface area contributed by atoms with Gasteiger partial charge in [0.2, 0.25) is 0 Å². The molecule has 2 aromatic heterocycles. The summed E-state index contributed by atoms with van der Waals surface area (Å²) in [4.78, 5) is 16.2. The smallest absolute Gasteiger partial charge is 0.274 e. The maximum atomic E-state index is 12.0. The van der Waals surface area contributed by atoms with Gasteiger partial charge in [-0.3, -0.25) is 9.89 Å². The lowest BCUT2D eigenvalue weighted by Crippen LogP contribution is -2.14. The number of nitrogens with two attached hydrogens (primary N) is 1. The van der Waals surface area contributed by atoms with Gasteiger partial charge < -0.3 is 11.1 Å². The van der Waals surface area contributed by atoms with Crippen LogP contribution < -0.4 is 11.1 Å². The molecule has 0 unspecified atom stereocenters. The second kappa shape index (κ2) is 4.41. The van der Waals surface area contributed by atoms with Crippen LogP contribution in [0, 0.1) is 0 Å². The van der Waals surface area contributed by atoms with E-state index in [4.69, 9.17) is 5.73 Å². The molecule has 0 radical (unpaired) electrons. The van der Waals surface area contributed by atoms with Gasteiger partial charge in [0.25, 0.3) is 5.91 Å². The number of hydrogen-bond acceptors (Lipinski definition) is 4. The van der Waals surface area contributed by atoms with Gasteiger partial charge in [0, 0.05) is 11.6 Å². The van der Waals surface area contributed by atoms with E-state index in [1.54, 1.807) is 12.3 Å². The number of nitrogens with one attached hydrogen (secondary N) is 2. The first kappa shape index (κ1) is 11.2. The lowest BCUT2D eigenvalue weighted by atomic mass is 10.1. The third kappa shape index (κ3) is 2.11. The molecule has 6 heteroatoms. The van der Waals surface area contributed by atoms with Gasteiger partial charge in [-0.05, 0) is 11.5 Å². The normalized spacial score (nSPS) is 10.5. The zero-order valence-corrected chi connectivity index (χ0v) is 9.92. The molecule has 94 valence electrons. The van der Waals surface area contributed by atoms with Crippen molar-refractivity contribution in [2.24, 2.45) is 0 Å². The number of rotatable bonds is 2. The fourth-order valence-electron chi connectivity index (χ4n) is 1.86. The third-order valence-corrected chi connectivity index (χ3v) is 2.76. The van der Waals surface area contributed by atoms with Crippen molar-refractivity contribution in [2.75, 3.05) is 11.1 Å². The first-order valence-corrected chi connectivity index (χ1v) is 5.69. The predicted octanol–water partition coefficient (Wildman–Crippen LogP) is 1.79. The van der Waals surface area contributed by atoms with E-state index in [-0.39, 0.29) is 11.6 Å². The van der Waals surface area contributed by atoms with Crippen molar-refractivity contribution in [1.82, 2.24) is 15.2 Å². The molecule has 0 saturated heterocycles. The van der Waals surface area contributed by atoms with Gasteiger partial charge in [-0.2, -0.15) is 5.10 Å². The van der Waals surface area contributed by atoms with Crippen LogP contribution in [0.15, 0.2) is 42.7 Å². The van der Waals surface area contributed by atoms with Crippen molar-refractivity contribution < 1.29 is 4.79 Å². The highest BCUT2D eigenvalue weighted by molar-refractivity contribution is 6.06. The molecule has 0 atom stereocenters. The zero-order valence-electron chi connectivity index (χ0n) is 9.92. The van der Waals surface area contributed by atoms with Gasteiger partial charge in [0.1, 0.15) is 11.5 Å². The molecule has 1 aromatic carbocycles. The topological polar surface area (TPSA) is 96.7 Å². The summed E-state index contributed by atoms with van der Waals surface area (Å²) in [5.74, 6) is 0.0225. The fourth-order valence-corrected chi connectivity index (χ4v) is 1.86. The van der Waals surface area contributed by atoms with Gasteiger partial charge in [0.15, 0.2) is 0 Å². The number of nitrogen functional groups attached to an aromatic ring is 1. The number of anilines is 2. The summed E-state index contributed by atoms with van der Waals surface area (Å²) >= 11 is 0. The van der Waals surface area contributed by atoms with Crippen molar-refractivity contribution in [3.8, 4) is 0 Å². The molecular formula is C13H11N5O. The molecule has 3 rings (SSSR count). The van der Waals surface area contributed by atoms with Crippen LogP contribution in [0.2, 0.25) is 0 Å². The van der Waals surface area contributed by atoms with Crippen LogP contribution in [0.3, 0.4) is 0 Å². The minimum Gasteiger partial charge on any atom is -0.383 e. The number of carbonyl (C=O) groups excluding carboxylic acids is 1. The van der Waals surface area contributed by atoms with E-state index in [1.165, 1.54) is 6.20 Å². The zero-order chi connectivity index (χ0) is 13.2. The van der Waals surface area contributed by atoms with E-state index in [1.807, 2.05) is 24.3 Å². The quantitative estimate of drug-likeness (QED) is 0.648. The summed E-state index contributed by atoms with van der Waals surface area (Å²) in [5, 5.41) is 10.8. The Morgan fingerprint density at radius 3 is 2.95 bits per heavy atom. The summed E-state index contributed by atoms with van der Waals surface area (Å²) in [6.07, 6.45) is 3.10. The summed E-state index contributed by atoms with van der Waals surface area (Å²) in [6, 6.07) is 9.24. The van der Waals surface area contributed by atoms with Gasteiger partial charge in [-0.25, -0.2) is 4.98 Å². The second-order valence-corrected chi connectivity index (χ2v) is 4.05. The summed E-state index contributed by atoms with van der Waals surface area (Å²) in [6.45, 7) is 0. The molecule has 3 aromatic rings. The molecule has 0 spiro atoms. The number of hydrogen-bond donors (Lipinski definition) is 3. The standard InChI is InChI=1S/C13H11N5O/c14-12-10-4-2-1-3-8(10)5-11(18-12)13(19)17-9-6-15-16-7-9/h1-7H,(H2,14,18)(H,15,16)(H,17,19). The molecule has 0 saturated carbocycles. The molecular weight excluding hydrogens is 242 g/mol. The molecule has 0 bridgehead atoms. The second-order valence-electron chi connectivity index (χ2n) is 4.05. The summed E-state index contributed by atoms with van der Waals surface area (Å²) in [5.41, 5.74) is 6.72. The van der Waals surface area contributed by atoms with Crippen molar-refractivity contribution in [3.63, 3.8) is 0 Å². The maximum Gasteiger partial charge on any atom is 0.274 e. The van der Waals surface area contributed by atoms with E-state index in [0.29, 0.717) is 11.5 Å². The monoisotopic (exact) mass is 253 g/mol. The van der Waals surface area contributed by atoms with Gasteiger partial charge >= 0.3 is 0 Å². The molecule has 2 heterocycles. The lowest BCUT2D eigenvalue weighted by molar-refractivity contribution is 0.102. The highest BCUT2D eigenvalue weighted by Gasteiger charge is 2.11. The first-order valence-electron chi connectivity index (χ1n) is 5.69. The SMILES string of the molecule is Nc1nc(C(=O)Nc2cn[nH]c2)cc2ccccc12. The molecule has 0 fully saturated rings. The van der Waals surface area contributed by atoms with Crippen LogP contribution in [0.25, 0.3) is 10.8 Å². The predicted molar refractivity (Wildman–Crippen MR) is 72.7 cm³/mol. The van der Waals surface area contributed by atoms with Crippen LogP contribution in [-0.4, -0.2) is 21.1 Å². The summed E-state index contributed by atoms with van der Waals surface area (Å²) < 4.78 is 0. The van der Waals surface area contributed by atoms with E-state index in [2.05, 4.69) is 20.5 Å². The summed E-state index contributed by atoms with van der Waals surface area (Å²) in [7, 11) is 0. The molecule has 4 N–H and O–H groups in total. The van der Waals surface area contributed by atoms with Crippen LogP contribution in [0.1, 0.15) is 10.5 Å². The Bertz CT molecular complexity index is 736. The molecule has 0 aliphatic rings. The minimum absolute atomic E-state index is 0.275. The van der Waals surface area contributed by atoms with E-state index in [9.17, 15) is 4.79 Å². The molecule has 0 aliphatic carbocycles. The average Bonchev–Trinajstić information content (AvgIpc) is 2.91. The lowest BCUT2D eigenvalue weighted by Gasteiger charge is -2.06. The van der Waals surface area contributed by atoms with E-state index < -0.39 is 0 Å². The highest BCUT2D eigenvalue weighted by Crippen LogP contribution is 2.20. The van der Waals surface area contributed by atoms with Crippen LogP contribution >= 0.6 is 0 Å². The van der Waals surface area contributed by atoms with Crippen molar-refractivity contribution in [2.45, 2.75) is 0 Å². The fraction of sp³-hybridized carbons (Fsp3) is 0.